The van der Waals surface area contributed by atoms with E-state index in [0.717, 1.165) is 47.5 Å². The number of carbonyl (C=O) groups excluding carboxylic acids is 1. The summed E-state index contributed by atoms with van der Waals surface area (Å²) in [6, 6.07) is 12.0. The van der Waals surface area contributed by atoms with Crippen molar-refractivity contribution in [3.8, 4) is 5.75 Å². The number of hydrogen-bond donors (Lipinski definition) is 1. The Kier molecular flexibility index (Phi) is 5.17. The summed E-state index contributed by atoms with van der Waals surface area (Å²) in [5, 5.41) is 12.5. The Balaban J connectivity index is 1.45. The van der Waals surface area contributed by atoms with E-state index in [4.69, 9.17) is 0 Å². The summed E-state index contributed by atoms with van der Waals surface area (Å²) in [6.07, 6.45) is 3.84. The highest BCUT2D eigenvalue weighted by atomic mass is 16.3. The third kappa shape index (κ3) is 3.53. The lowest BCUT2D eigenvalue weighted by atomic mass is 9.96. The van der Waals surface area contributed by atoms with Gasteiger partial charge in [-0.15, -0.1) is 0 Å². The van der Waals surface area contributed by atoms with Gasteiger partial charge in [0.15, 0.2) is 0 Å². The van der Waals surface area contributed by atoms with Gasteiger partial charge in [0.05, 0.1) is 12.2 Å². The third-order valence-electron chi connectivity index (χ3n) is 6.56. The van der Waals surface area contributed by atoms with Crippen LogP contribution < -0.4 is 9.80 Å². The zero-order valence-corrected chi connectivity index (χ0v) is 18.2. The molecule has 164 valence electrons. The molecule has 0 aliphatic carbocycles. The van der Waals surface area contributed by atoms with Crippen LogP contribution in [0, 0.1) is 0 Å². The van der Waals surface area contributed by atoms with Crippen molar-refractivity contribution in [1.82, 2.24) is 14.9 Å². The topological polar surface area (TPSA) is 72.8 Å². The zero-order chi connectivity index (χ0) is 22.2. The number of rotatable bonds is 3. The van der Waals surface area contributed by atoms with Gasteiger partial charge in [0.2, 0.25) is 5.91 Å². The van der Waals surface area contributed by atoms with Crippen LogP contribution in [0.25, 0.3) is 10.8 Å². The number of fused-ring (bicyclic) bond motifs is 2. The van der Waals surface area contributed by atoms with Crippen LogP contribution in [0.1, 0.15) is 18.2 Å². The first-order chi connectivity index (χ1) is 15.5. The van der Waals surface area contributed by atoms with Crippen molar-refractivity contribution in [3.63, 3.8) is 0 Å². The smallest absolute Gasteiger partial charge is 0.246 e. The molecule has 0 bridgehead atoms. The number of phenols is 1. The van der Waals surface area contributed by atoms with E-state index in [1.165, 1.54) is 11.6 Å². The maximum atomic E-state index is 11.9. The van der Waals surface area contributed by atoms with E-state index in [2.05, 4.69) is 39.3 Å². The highest BCUT2D eigenvalue weighted by Crippen LogP contribution is 2.37. The molecule has 7 nitrogen and oxygen atoms in total. The summed E-state index contributed by atoms with van der Waals surface area (Å²) < 4.78 is 0. The van der Waals surface area contributed by atoms with E-state index >= 15 is 0 Å². The van der Waals surface area contributed by atoms with Crippen LogP contribution in [0.4, 0.5) is 11.5 Å². The number of piperazine rings is 1. The molecule has 3 aromatic rings. The van der Waals surface area contributed by atoms with Crippen LogP contribution >= 0.6 is 0 Å². The lowest BCUT2D eigenvalue weighted by molar-refractivity contribution is -0.126. The van der Waals surface area contributed by atoms with E-state index in [9.17, 15) is 9.90 Å². The third-order valence-corrected chi connectivity index (χ3v) is 6.56. The number of aromatic nitrogens is 2. The Labute approximate surface area is 187 Å². The van der Waals surface area contributed by atoms with Crippen molar-refractivity contribution in [2.75, 3.05) is 36.0 Å². The number of carbonyl (C=O) groups is 1. The summed E-state index contributed by atoms with van der Waals surface area (Å²) in [5.41, 5.74) is 3.23. The van der Waals surface area contributed by atoms with E-state index < -0.39 is 0 Å². The van der Waals surface area contributed by atoms with Gasteiger partial charge in [0.1, 0.15) is 17.9 Å². The molecule has 2 aliphatic rings. The quantitative estimate of drug-likeness (QED) is 0.645. The predicted molar refractivity (Wildman–Crippen MR) is 126 cm³/mol. The van der Waals surface area contributed by atoms with Crippen LogP contribution in [0.5, 0.6) is 5.75 Å². The molecule has 1 atom stereocenters. The molecular formula is C25H27N5O2. The molecule has 2 aliphatic heterocycles. The minimum atomic E-state index is -0.0167. The molecule has 0 radical (unpaired) electrons. The fraction of sp³-hybridized carbons (Fsp3) is 0.320. The van der Waals surface area contributed by atoms with Gasteiger partial charge in [0.25, 0.3) is 0 Å². The summed E-state index contributed by atoms with van der Waals surface area (Å²) in [7, 11) is 0. The van der Waals surface area contributed by atoms with Gasteiger partial charge in [-0.1, -0.05) is 30.8 Å². The molecule has 1 saturated heterocycles. The monoisotopic (exact) mass is 429 g/mol. The second-order valence-electron chi connectivity index (χ2n) is 8.51. The van der Waals surface area contributed by atoms with E-state index in [-0.39, 0.29) is 17.7 Å². The Morgan fingerprint density at radius 1 is 1.16 bits per heavy atom. The van der Waals surface area contributed by atoms with Crippen LogP contribution in [-0.4, -0.2) is 58.1 Å². The molecular weight excluding hydrogens is 402 g/mol. The number of phenolic OH excluding ortho intramolecular Hbond substituents is 1. The molecule has 1 N–H and O–H groups in total. The Morgan fingerprint density at radius 3 is 2.72 bits per heavy atom. The lowest BCUT2D eigenvalue weighted by Gasteiger charge is -2.40. The van der Waals surface area contributed by atoms with Gasteiger partial charge < -0.3 is 19.8 Å². The van der Waals surface area contributed by atoms with E-state index in [1.807, 2.05) is 29.2 Å². The van der Waals surface area contributed by atoms with E-state index in [1.54, 1.807) is 12.4 Å². The standard InChI is InChI=1S/C25H27N5O2/c1-3-24(32)28-8-10-29(11-9-28)25-21-12-17(2)30(15-22(21)26-16-27-25)23-14-19(31)13-18-6-4-5-7-20(18)23/h3-7,13-14,16-17,31H,1,8-12,15H2,2H3. The zero-order valence-electron chi connectivity index (χ0n) is 18.2. The number of anilines is 2. The number of aromatic hydroxyl groups is 1. The minimum absolute atomic E-state index is 0.0167. The van der Waals surface area contributed by atoms with Crippen molar-refractivity contribution >= 4 is 28.2 Å². The summed E-state index contributed by atoms with van der Waals surface area (Å²) in [4.78, 5) is 27.6. The second kappa shape index (κ2) is 8.15. The van der Waals surface area contributed by atoms with Crippen molar-refractivity contribution < 1.29 is 9.90 Å². The number of hydrogen-bond acceptors (Lipinski definition) is 6. The van der Waals surface area contributed by atoms with Gasteiger partial charge in [-0.3, -0.25) is 4.79 Å². The van der Waals surface area contributed by atoms with Gasteiger partial charge in [-0.05, 0) is 30.9 Å². The first-order valence-electron chi connectivity index (χ1n) is 11.0. The number of benzene rings is 2. The Morgan fingerprint density at radius 2 is 1.94 bits per heavy atom. The first-order valence-corrected chi connectivity index (χ1v) is 11.0. The van der Waals surface area contributed by atoms with Gasteiger partial charge in [-0.25, -0.2) is 9.97 Å². The maximum Gasteiger partial charge on any atom is 0.246 e. The van der Waals surface area contributed by atoms with Crippen LogP contribution in [0.2, 0.25) is 0 Å². The molecule has 5 rings (SSSR count). The largest absolute Gasteiger partial charge is 0.508 e. The minimum Gasteiger partial charge on any atom is -0.508 e. The van der Waals surface area contributed by atoms with Crippen LogP contribution in [0.15, 0.2) is 55.4 Å². The van der Waals surface area contributed by atoms with Gasteiger partial charge in [0, 0.05) is 54.9 Å². The van der Waals surface area contributed by atoms with Gasteiger partial charge in [-0.2, -0.15) is 0 Å². The second-order valence-corrected chi connectivity index (χ2v) is 8.51. The SMILES string of the molecule is C=CC(=O)N1CCN(c2ncnc3c2CC(C)N(c2cc(O)cc4ccccc24)C3)CC1. The summed E-state index contributed by atoms with van der Waals surface area (Å²) in [5.74, 6) is 1.23. The van der Waals surface area contributed by atoms with Crippen molar-refractivity contribution in [1.29, 1.82) is 0 Å². The highest BCUT2D eigenvalue weighted by Gasteiger charge is 2.30. The molecule has 0 spiro atoms. The highest BCUT2D eigenvalue weighted by molar-refractivity contribution is 5.96. The fourth-order valence-electron chi connectivity index (χ4n) is 4.88. The number of nitrogens with zero attached hydrogens (tertiary/aromatic N) is 5. The van der Waals surface area contributed by atoms with Gasteiger partial charge >= 0.3 is 0 Å². The Hall–Kier alpha value is -3.61. The lowest BCUT2D eigenvalue weighted by Crippen LogP contribution is -2.49. The molecule has 1 fully saturated rings. The van der Waals surface area contributed by atoms with Crippen molar-refractivity contribution in [2.24, 2.45) is 0 Å². The molecule has 0 saturated carbocycles. The Bertz CT molecular complexity index is 1190. The molecule has 1 unspecified atom stereocenters. The van der Waals surface area contributed by atoms with Crippen molar-refractivity contribution in [3.05, 3.63) is 66.6 Å². The molecule has 1 amide bonds. The normalized spacial score (nSPS) is 18.5. The molecule has 3 heterocycles. The van der Waals surface area contributed by atoms with Crippen LogP contribution in [-0.2, 0) is 17.8 Å². The molecule has 7 heteroatoms. The molecule has 32 heavy (non-hydrogen) atoms. The molecule has 2 aromatic carbocycles. The van der Waals surface area contributed by atoms with Crippen molar-refractivity contribution in [2.45, 2.75) is 25.9 Å². The summed E-state index contributed by atoms with van der Waals surface area (Å²) in [6.45, 7) is 9.29. The average molecular weight is 430 g/mol. The van der Waals surface area contributed by atoms with Crippen LogP contribution in [0.3, 0.4) is 0 Å². The molecule has 1 aromatic heterocycles. The fourth-order valence-corrected chi connectivity index (χ4v) is 4.88. The predicted octanol–water partition coefficient (Wildman–Crippen LogP) is 3.12. The summed E-state index contributed by atoms with van der Waals surface area (Å²) >= 11 is 0. The average Bonchev–Trinajstić information content (AvgIpc) is 2.82. The maximum absolute atomic E-state index is 11.9. The first kappa shape index (κ1) is 20.3. The number of amides is 1. The van der Waals surface area contributed by atoms with E-state index in [0.29, 0.717) is 19.6 Å².